The van der Waals surface area contributed by atoms with Crippen molar-refractivity contribution in [3.8, 4) is 5.69 Å². The zero-order valence-electron chi connectivity index (χ0n) is 13.0. The minimum absolute atomic E-state index is 0.170. The van der Waals surface area contributed by atoms with Crippen LogP contribution in [0.3, 0.4) is 0 Å². The van der Waals surface area contributed by atoms with Gasteiger partial charge in [-0.25, -0.2) is 4.68 Å². The van der Waals surface area contributed by atoms with Crippen LogP contribution in [0.5, 0.6) is 0 Å². The summed E-state index contributed by atoms with van der Waals surface area (Å²) < 4.78 is 1.89. The molecular weight excluding hydrogens is 262 g/mol. The summed E-state index contributed by atoms with van der Waals surface area (Å²) in [6.45, 7) is 8.35. The van der Waals surface area contributed by atoms with Gasteiger partial charge in [0.2, 0.25) is 5.91 Å². The highest BCUT2D eigenvalue weighted by molar-refractivity contribution is 6.03. The third-order valence-corrected chi connectivity index (χ3v) is 3.95. The van der Waals surface area contributed by atoms with E-state index in [1.54, 1.807) is 0 Å². The predicted molar refractivity (Wildman–Crippen MR) is 84.0 cm³/mol. The van der Waals surface area contributed by atoms with Gasteiger partial charge in [-0.2, -0.15) is 5.10 Å². The van der Waals surface area contributed by atoms with Gasteiger partial charge in [-0.05, 0) is 38.0 Å². The molecule has 0 unspecified atom stereocenters. The van der Waals surface area contributed by atoms with E-state index < -0.39 is 0 Å². The summed E-state index contributed by atoms with van der Waals surface area (Å²) in [6.07, 6.45) is 2.44. The molecule has 0 aliphatic carbocycles. The van der Waals surface area contributed by atoms with E-state index in [-0.39, 0.29) is 11.9 Å². The summed E-state index contributed by atoms with van der Waals surface area (Å²) in [4.78, 5) is 14.1. The van der Waals surface area contributed by atoms with Crippen LogP contribution >= 0.6 is 0 Å². The van der Waals surface area contributed by atoms with Gasteiger partial charge in [-0.1, -0.05) is 19.9 Å². The molecule has 0 fully saturated rings. The van der Waals surface area contributed by atoms with Crippen molar-refractivity contribution in [1.29, 1.82) is 0 Å². The van der Waals surface area contributed by atoms with Gasteiger partial charge in [-0.15, -0.1) is 0 Å². The molecule has 21 heavy (non-hydrogen) atoms. The highest BCUT2D eigenvalue weighted by Crippen LogP contribution is 2.34. The molecule has 110 valence electrons. The van der Waals surface area contributed by atoms with Crippen LogP contribution in [0.15, 0.2) is 30.5 Å². The topological polar surface area (TPSA) is 38.1 Å². The fourth-order valence-electron chi connectivity index (χ4n) is 2.90. The number of rotatable bonds is 3. The average molecular weight is 283 g/mol. The van der Waals surface area contributed by atoms with Gasteiger partial charge in [-0.3, -0.25) is 4.79 Å². The average Bonchev–Trinajstić information content (AvgIpc) is 3.00. The summed E-state index contributed by atoms with van der Waals surface area (Å²) in [5.41, 5.74) is 4.18. The third kappa shape index (κ3) is 2.24. The maximum absolute atomic E-state index is 12.3. The Hall–Kier alpha value is -2.10. The number of anilines is 1. The van der Waals surface area contributed by atoms with E-state index in [2.05, 4.69) is 18.9 Å². The van der Waals surface area contributed by atoms with Gasteiger partial charge in [0, 0.05) is 23.5 Å². The van der Waals surface area contributed by atoms with Gasteiger partial charge in [0.05, 0.1) is 17.8 Å². The molecule has 0 bridgehead atoms. The van der Waals surface area contributed by atoms with E-state index in [1.807, 2.05) is 53.9 Å². The highest BCUT2D eigenvalue weighted by Gasteiger charge is 2.31. The molecule has 1 amide bonds. The molecule has 1 aliphatic heterocycles. The fraction of sp³-hybridized carbons (Fsp3) is 0.412. The molecule has 1 aromatic carbocycles. The molecular formula is C17H21N3O. The molecule has 2 heterocycles. The fourth-order valence-corrected chi connectivity index (χ4v) is 2.90. The Morgan fingerprint density at radius 1 is 1.10 bits per heavy atom. The number of amides is 1. The van der Waals surface area contributed by atoms with Crippen molar-refractivity contribution in [3.05, 3.63) is 41.7 Å². The van der Waals surface area contributed by atoms with E-state index in [0.29, 0.717) is 12.3 Å². The summed E-state index contributed by atoms with van der Waals surface area (Å²) in [6, 6.07) is 8.28. The molecule has 0 spiro atoms. The Balaban J connectivity index is 2.08. The van der Waals surface area contributed by atoms with E-state index >= 15 is 0 Å². The van der Waals surface area contributed by atoms with Crippen LogP contribution in [0, 0.1) is 0 Å². The highest BCUT2D eigenvalue weighted by atomic mass is 16.2. The molecule has 4 heteroatoms. The first-order valence-electron chi connectivity index (χ1n) is 7.49. The van der Waals surface area contributed by atoms with Crippen molar-refractivity contribution < 1.29 is 4.79 Å². The minimum Gasteiger partial charge on any atom is -0.309 e. The zero-order chi connectivity index (χ0) is 15.1. The van der Waals surface area contributed by atoms with Gasteiger partial charge >= 0.3 is 0 Å². The van der Waals surface area contributed by atoms with Crippen LogP contribution in [0.25, 0.3) is 5.69 Å². The molecule has 3 rings (SSSR count). The van der Waals surface area contributed by atoms with Crippen molar-refractivity contribution in [1.82, 2.24) is 9.78 Å². The quantitative estimate of drug-likeness (QED) is 0.867. The number of fused-ring (bicyclic) bond motifs is 1. The Morgan fingerprint density at radius 3 is 2.43 bits per heavy atom. The summed E-state index contributed by atoms with van der Waals surface area (Å²) in [7, 11) is 0. The lowest BCUT2D eigenvalue weighted by Gasteiger charge is -2.22. The first kappa shape index (κ1) is 13.9. The Morgan fingerprint density at radius 2 is 1.81 bits per heavy atom. The number of carbonyl (C=O) groups excluding carboxylic acids is 1. The van der Waals surface area contributed by atoms with Crippen LogP contribution in [0.4, 0.5) is 5.69 Å². The Kier molecular flexibility index (Phi) is 3.32. The first-order chi connectivity index (χ1) is 9.99. The van der Waals surface area contributed by atoms with Gasteiger partial charge in [0.1, 0.15) is 0 Å². The summed E-state index contributed by atoms with van der Waals surface area (Å²) >= 11 is 0. The van der Waals surface area contributed by atoms with Crippen LogP contribution < -0.4 is 4.90 Å². The smallest absolute Gasteiger partial charge is 0.231 e. The number of aromatic nitrogens is 2. The minimum atomic E-state index is 0.170. The molecule has 1 aromatic heterocycles. The maximum Gasteiger partial charge on any atom is 0.231 e. The standard InChI is InChI=1S/C17H21N3O/c1-11(2)14-8-9-19(18-14)15-6-5-7-16-13(15)10-17(21)20(16)12(3)4/h5-9,11-12H,10H2,1-4H3. The zero-order valence-corrected chi connectivity index (χ0v) is 13.0. The normalized spacial score (nSPS) is 14.4. The van der Waals surface area contributed by atoms with Crippen molar-refractivity contribution in [3.63, 3.8) is 0 Å². The molecule has 0 saturated carbocycles. The summed E-state index contributed by atoms with van der Waals surface area (Å²) in [5, 5.41) is 4.64. The monoisotopic (exact) mass is 283 g/mol. The van der Waals surface area contributed by atoms with Crippen LogP contribution in [0.1, 0.15) is 44.9 Å². The second-order valence-electron chi connectivity index (χ2n) is 6.15. The van der Waals surface area contributed by atoms with E-state index in [1.165, 1.54) is 0 Å². The number of carbonyl (C=O) groups is 1. The molecule has 1 aliphatic rings. The van der Waals surface area contributed by atoms with Crippen molar-refractivity contribution in [2.45, 2.75) is 46.1 Å². The molecule has 0 saturated heterocycles. The molecule has 0 atom stereocenters. The maximum atomic E-state index is 12.3. The third-order valence-electron chi connectivity index (χ3n) is 3.95. The number of hydrogen-bond acceptors (Lipinski definition) is 2. The van der Waals surface area contributed by atoms with Gasteiger partial charge in [0.15, 0.2) is 0 Å². The molecule has 4 nitrogen and oxygen atoms in total. The molecule has 2 aromatic rings. The van der Waals surface area contributed by atoms with Crippen molar-refractivity contribution in [2.75, 3.05) is 4.90 Å². The lowest BCUT2D eigenvalue weighted by molar-refractivity contribution is -0.117. The predicted octanol–water partition coefficient (Wildman–Crippen LogP) is 3.29. The Labute approximate surface area is 125 Å². The molecule has 0 radical (unpaired) electrons. The van der Waals surface area contributed by atoms with Crippen molar-refractivity contribution in [2.24, 2.45) is 0 Å². The van der Waals surface area contributed by atoms with E-state index in [4.69, 9.17) is 0 Å². The number of benzene rings is 1. The lowest BCUT2D eigenvalue weighted by atomic mass is 10.1. The van der Waals surface area contributed by atoms with Crippen LogP contribution in [0.2, 0.25) is 0 Å². The van der Waals surface area contributed by atoms with E-state index in [0.717, 1.165) is 22.6 Å². The van der Waals surface area contributed by atoms with Crippen molar-refractivity contribution >= 4 is 11.6 Å². The largest absolute Gasteiger partial charge is 0.309 e. The number of hydrogen-bond donors (Lipinski definition) is 0. The summed E-state index contributed by atoms with van der Waals surface area (Å²) in [5.74, 6) is 0.570. The lowest BCUT2D eigenvalue weighted by Crippen LogP contribution is -2.33. The SMILES string of the molecule is CC(C)c1ccn(-c2cccc3c2CC(=O)N3C(C)C)n1. The van der Waals surface area contributed by atoms with Crippen LogP contribution in [-0.4, -0.2) is 21.7 Å². The Bertz CT molecular complexity index is 685. The molecule has 0 N–H and O–H groups in total. The van der Waals surface area contributed by atoms with Gasteiger partial charge in [0.25, 0.3) is 0 Å². The van der Waals surface area contributed by atoms with Gasteiger partial charge < -0.3 is 4.90 Å². The first-order valence-corrected chi connectivity index (χ1v) is 7.49. The number of nitrogens with zero attached hydrogens (tertiary/aromatic N) is 3. The second kappa shape index (κ2) is 5.02. The van der Waals surface area contributed by atoms with E-state index in [9.17, 15) is 4.79 Å². The second-order valence-corrected chi connectivity index (χ2v) is 6.15. The van der Waals surface area contributed by atoms with Crippen LogP contribution in [-0.2, 0) is 11.2 Å².